The van der Waals surface area contributed by atoms with Crippen molar-refractivity contribution in [1.29, 1.82) is 0 Å². The number of nitrogens with zero attached hydrogens (tertiary/aromatic N) is 2. The number of aromatic nitrogens is 2. The third kappa shape index (κ3) is 3.26. The largest absolute Gasteiger partial charge is 0.381 e. The van der Waals surface area contributed by atoms with Crippen molar-refractivity contribution in [3.8, 4) is 0 Å². The quantitative estimate of drug-likeness (QED) is 0.671. The normalized spacial score (nSPS) is 10.7. The summed E-state index contributed by atoms with van der Waals surface area (Å²) in [6, 6.07) is 13.1. The van der Waals surface area contributed by atoms with E-state index in [1.807, 2.05) is 36.4 Å². The van der Waals surface area contributed by atoms with Crippen LogP contribution in [0.15, 0.2) is 59.9 Å². The van der Waals surface area contributed by atoms with Gasteiger partial charge in [0.2, 0.25) is 0 Å². The molecule has 0 saturated heterocycles. The lowest BCUT2D eigenvalue weighted by Gasteiger charge is -2.11. The molecule has 0 saturated carbocycles. The molecule has 0 aliphatic rings. The van der Waals surface area contributed by atoms with Crippen molar-refractivity contribution in [1.82, 2.24) is 14.5 Å². The van der Waals surface area contributed by atoms with E-state index in [1.54, 1.807) is 35.4 Å². The zero-order valence-electron chi connectivity index (χ0n) is 15.0. The molecule has 2 aromatic carbocycles. The standard InChI is InChI=1S/C20H22N4O2/c1-4-11-21-16-8-6-5-7-15(16)19(25)22-13-14-9-10-17-18(12-14)24(3)20(26)23(17)2/h4-10,12,21H,1,11,13H2,2-3H3,(H,22,25). The van der Waals surface area contributed by atoms with Crippen LogP contribution in [-0.2, 0) is 20.6 Å². The smallest absolute Gasteiger partial charge is 0.328 e. The molecule has 0 aliphatic heterocycles. The monoisotopic (exact) mass is 350 g/mol. The van der Waals surface area contributed by atoms with Crippen LogP contribution in [-0.4, -0.2) is 21.6 Å². The fourth-order valence-electron chi connectivity index (χ4n) is 2.96. The molecule has 0 fully saturated rings. The molecule has 6 heteroatoms. The van der Waals surface area contributed by atoms with Crippen molar-refractivity contribution in [2.24, 2.45) is 14.1 Å². The van der Waals surface area contributed by atoms with Gasteiger partial charge in [0.1, 0.15) is 0 Å². The number of anilines is 1. The highest BCUT2D eigenvalue weighted by molar-refractivity contribution is 5.99. The van der Waals surface area contributed by atoms with Crippen LogP contribution in [0, 0.1) is 0 Å². The number of nitrogens with one attached hydrogen (secondary N) is 2. The van der Waals surface area contributed by atoms with Crippen LogP contribution in [0.25, 0.3) is 11.0 Å². The summed E-state index contributed by atoms with van der Waals surface area (Å²) in [6.07, 6.45) is 1.74. The van der Waals surface area contributed by atoms with Crippen LogP contribution in [0.2, 0.25) is 0 Å². The molecule has 0 radical (unpaired) electrons. The minimum Gasteiger partial charge on any atom is -0.381 e. The summed E-state index contributed by atoms with van der Waals surface area (Å²) in [6.45, 7) is 4.65. The molecule has 0 bridgehead atoms. The summed E-state index contributed by atoms with van der Waals surface area (Å²) in [4.78, 5) is 24.6. The lowest BCUT2D eigenvalue weighted by atomic mass is 10.1. The van der Waals surface area contributed by atoms with Gasteiger partial charge in [-0.25, -0.2) is 4.79 Å². The Bertz CT molecular complexity index is 1030. The summed E-state index contributed by atoms with van der Waals surface area (Å²) in [5.41, 5.74) is 3.93. The van der Waals surface area contributed by atoms with E-state index in [9.17, 15) is 9.59 Å². The maximum atomic E-state index is 12.6. The lowest BCUT2D eigenvalue weighted by molar-refractivity contribution is 0.0951. The fraction of sp³-hybridized carbons (Fsp3) is 0.200. The van der Waals surface area contributed by atoms with Crippen LogP contribution >= 0.6 is 0 Å². The lowest BCUT2D eigenvalue weighted by Crippen LogP contribution is -2.24. The maximum absolute atomic E-state index is 12.6. The number of carbonyl (C=O) groups excluding carboxylic acids is 1. The molecule has 3 aromatic rings. The van der Waals surface area contributed by atoms with Crippen LogP contribution < -0.4 is 16.3 Å². The highest BCUT2D eigenvalue weighted by atomic mass is 16.2. The predicted molar refractivity (Wildman–Crippen MR) is 104 cm³/mol. The Morgan fingerprint density at radius 1 is 1.12 bits per heavy atom. The van der Waals surface area contributed by atoms with Gasteiger partial charge >= 0.3 is 5.69 Å². The second kappa shape index (κ2) is 7.31. The summed E-state index contributed by atoms with van der Waals surface area (Å²) in [5, 5.41) is 6.10. The highest BCUT2D eigenvalue weighted by Crippen LogP contribution is 2.16. The molecule has 134 valence electrons. The number of benzene rings is 2. The summed E-state index contributed by atoms with van der Waals surface area (Å²) < 4.78 is 3.22. The van der Waals surface area contributed by atoms with E-state index >= 15 is 0 Å². The number of hydrogen-bond acceptors (Lipinski definition) is 3. The van der Waals surface area contributed by atoms with Gasteiger partial charge in [0, 0.05) is 32.9 Å². The van der Waals surface area contributed by atoms with Crippen molar-refractivity contribution in [3.05, 3.63) is 76.7 Å². The number of aryl methyl sites for hydroxylation is 2. The molecule has 1 amide bonds. The topological polar surface area (TPSA) is 68.1 Å². The Balaban J connectivity index is 1.78. The van der Waals surface area contributed by atoms with Gasteiger partial charge in [-0.05, 0) is 29.8 Å². The zero-order chi connectivity index (χ0) is 18.7. The molecule has 0 atom stereocenters. The summed E-state index contributed by atoms with van der Waals surface area (Å²) in [5.74, 6) is -0.154. The van der Waals surface area contributed by atoms with Crippen LogP contribution in [0.5, 0.6) is 0 Å². The van der Waals surface area contributed by atoms with Gasteiger partial charge in [-0.1, -0.05) is 24.3 Å². The molecule has 2 N–H and O–H groups in total. The minimum absolute atomic E-state index is 0.0663. The Morgan fingerprint density at radius 3 is 2.62 bits per heavy atom. The van der Waals surface area contributed by atoms with Gasteiger partial charge in [-0.15, -0.1) is 6.58 Å². The molecule has 1 heterocycles. The van der Waals surface area contributed by atoms with Gasteiger partial charge in [-0.3, -0.25) is 13.9 Å². The molecule has 26 heavy (non-hydrogen) atoms. The second-order valence-corrected chi connectivity index (χ2v) is 6.12. The molecule has 1 aromatic heterocycles. The molecule has 0 aliphatic carbocycles. The van der Waals surface area contributed by atoms with Crippen molar-refractivity contribution in [2.45, 2.75) is 6.54 Å². The van der Waals surface area contributed by atoms with Crippen LogP contribution in [0.1, 0.15) is 15.9 Å². The predicted octanol–water partition coefficient (Wildman–Crippen LogP) is 2.40. The number of hydrogen-bond donors (Lipinski definition) is 2. The first-order valence-corrected chi connectivity index (χ1v) is 8.39. The first kappa shape index (κ1) is 17.5. The van der Waals surface area contributed by atoms with Crippen molar-refractivity contribution < 1.29 is 4.79 Å². The molecular formula is C20H22N4O2. The van der Waals surface area contributed by atoms with Crippen molar-refractivity contribution in [3.63, 3.8) is 0 Å². The second-order valence-electron chi connectivity index (χ2n) is 6.12. The van der Waals surface area contributed by atoms with Gasteiger partial charge < -0.3 is 10.6 Å². The van der Waals surface area contributed by atoms with Gasteiger partial charge in [-0.2, -0.15) is 0 Å². The number of amides is 1. The third-order valence-electron chi connectivity index (χ3n) is 4.40. The summed E-state index contributed by atoms with van der Waals surface area (Å²) >= 11 is 0. The average molecular weight is 350 g/mol. The van der Waals surface area contributed by atoms with Crippen LogP contribution in [0.4, 0.5) is 5.69 Å². The Kier molecular flexibility index (Phi) is 4.93. The minimum atomic E-state index is -0.154. The maximum Gasteiger partial charge on any atom is 0.328 e. The van der Waals surface area contributed by atoms with Gasteiger partial charge in [0.25, 0.3) is 5.91 Å². The number of fused-ring (bicyclic) bond motifs is 1. The van der Waals surface area contributed by atoms with E-state index in [0.29, 0.717) is 18.7 Å². The van der Waals surface area contributed by atoms with Crippen molar-refractivity contribution >= 4 is 22.6 Å². The fourth-order valence-corrected chi connectivity index (χ4v) is 2.96. The first-order chi connectivity index (χ1) is 12.5. The van der Waals surface area contributed by atoms with Gasteiger partial charge in [0.15, 0.2) is 0 Å². The zero-order valence-corrected chi connectivity index (χ0v) is 15.0. The average Bonchev–Trinajstić information content (AvgIpc) is 2.88. The van der Waals surface area contributed by atoms with Gasteiger partial charge in [0.05, 0.1) is 16.6 Å². The van der Waals surface area contributed by atoms with E-state index in [4.69, 9.17) is 0 Å². The van der Waals surface area contributed by atoms with E-state index in [0.717, 1.165) is 22.3 Å². The van der Waals surface area contributed by atoms with E-state index < -0.39 is 0 Å². The summed E-state index contributed by atoms with van der Waals surface area (Å²) in [7, 11) is 3.49. The molecule has 0 unspecified atom stereocenters. The van der Waals surface area contributed by atoms with E-state index in [-0.39, 0.29) is 11.6 Å². The first-order valence-electron chi connectivity index (χ1n) is 8.39. The molecule has 3 rings (SSSR count). The number of carbonyl (C=O) groups is 1. The number of imidazole rings is 1. The number of para-hydroxylation sites is 1. The highest BCUT2D eigenvalue weighted by Gasteiger charge is 2.11. The Hall–Kier alpha value is -3.28. The SMILES string of the molecule is C=CCNc1ccccc1C(=O)NCc1ccc2c(c1)n(C)c(=O)n2C. The third-order valence-corrected chi connectivity index (χ3v) is 4.40. The van der Waals surface area contributed by atoms with Crippen molar-refractivity contribution in [2.75, 3.05) is 11.9 Å². The molecular weight excluding hydrogens is 328 g/mol. The Morgan fingerprint density at radius 2 is 1.85 bits per heavy atom. The van der Waals surface area contributed by atoms with E-state index in [1.165, 1.54) is 0 Å². The molecule has 0 spiro atoms. The Labute approximate surface area is 151 Å². The van der Waals surface area contributed by atoms with Crippen LogP contribution in [0.3, 0.4) is 0 Å². The van der Waals surface area contributed by atoms with E-state index in [2.05, 4.69) is 17.2 Å². The molecule has 6 nitrogen and oxygen atoms in total. The number of rotatable bonds is 6.